The van der Waals surface area contributed by atoms with Crippen molar-refractivity contribution in [3.8, 4) is 0 Å². The molecule has 0 unspecified atom stereocenters. The summed E-state index contributed by atoms with van der Waals surface area (Å²) in [5.74, 6) is -1.18. The van der Waals surface area contributed by atoms with Gasteiger partial charge in [-0.15, -0.1) is 0 Å². The Morgan fingerprint density at radius 2 is 1.02 bits per heavy atom. The monoisotopic (exact) mass is 582 g/mol. The predicted octanol–water partition coefficient (Wildman–Crippen LogP) is 9.92. The maximum Gasteiger partial charge on any atom is 0.329 e. The number of rotatable bonds is 31. The molecule has 2 N–H and O–H groups in total. The molecule has 0 saturated carbocycles. The number of aliphatic carboxylic acids is 1. The Bertz CT molecular complexity index is 622. The summed E-state index contributed by atoms with van der Waals surface area (Å²) in [5.41, 5.74) is 0. The Labute approximate surface area is 253 Å². The molecule has 0 aromatic carbocycles. The molecule has 6 nitrogen and oxygen atoms in total. The second kappa shape index (κ2) is 29.9. The lowest BCUT2D eigenvalue weighted by atomic mass is 10.0. The number of carboxylic acid groups (broad SMARTS) is 1. The van der Waals surface area contributed by atoms with Gasteiger partial charge in [-0.2, -0.15) is 0 Å². The Hall–Kier alpha value is -1.59. The van der Waals surface area contributed by atoms with E-state index in [2.05, 4.69) is 26.1 Å². The first-order valence-electron chi connectivity index (χ1n) is 17.5. The van der Waals surface area contributed by atoms with Crippen LogP contribution in [0.15, 0.2) is 0 Å². The van der Waals surface area contributed by atoms with Gasteiger partial charge in [0.25, 0.3) is 0 Å². The Balaban J connectivity index is 3.76. The van der Waals surface area contributed by atoms with Crippen LogP contribution in [0, 0.1) is 5.92 Å². The Kier molecular flexibility index (Phi) is 28.7. The van der Waals surface area contributed by atoms with Crippen molar-refractivity contribution in [2.24, 2.45) is 5.92 Å². The number of hydrogen-bond acceptors (Lipinski definition) is 4. The number of amides is 1. The number of carbonyl (C=O) groups is 3. The standard InChI is InChI=1S/C35H67NO5/c1-4-5-6-7-8-9-16-19-22-25-28-33(37)36-32(30-34(38)39)35(40)41-29-26-23-20-17-14-12-10-11-13-15-18-21-24-27-31(2)3/h31-32H,4-30H2,1-3H3,(H,36,37)(H,38,39)/t32-/m0/s1. The second-order valence-electron chi connectivity index (χ2n) is 12.6. The molecule has 6 heteroatoms. The first-order valence-corrected chi connectivity index (χ1v) is 17.5. The maximum absolute atomic E-state index is 12.4. The molecule has 0 aliphatic rings. The highest BCUT2D eigenvalue weighted by atomic mass is 16.5. The summed E-state index contributed by atoms with van der Waals surface area (Å²) in [6.07, 6.45) is 29.3. The van der Waals surface area contributed by atoms with Crippen LogP contribution in [0.5, 0.6) is 0 Å². The lowest BCUT2D eigenvalue weighted by Gasteiger charge is -2.16. The minimum Gasteiger partial charge on any atom is -0.481 e. The van der Waals surface area contributed by atoms with Crippen LogP contribution in [0.1, 0.15) is 188 Å². The summed E-state index contributed by atoms with van der Waals surface area (Å²) in [7, 11) is 0. The zero-order valence-electron chi connectivity index (χ0n) is 27.3. The molecule has 0 aliphatic carbocycles. The summed E-state index contributed by atoms with van der Waals surface area (Å²) in [6, 6.07) is -1.11. The van der Waals surface area contributed by atoms with E-state index in [1.807, 2.05) is 0 Å². The van der Waals surface area contributed by atoms with E-state index in [0.717, 1.165) is 44.4 Å². The molecule has 0 aromatic heterocycles. The van der Waals surface area contributed by atoms with Crippen molar-refractivity contribution in [2.45, 2.75) is 194 Å². The van der Waals surface area contributed by atoms with Gasteiger partial charge in [-0.1, -0.05) is 162 Å². The van der Waals surface area contributed by atoms with Crippen LogP contribution in [0.4, 0.5) is 0 Å². The molecule has 0 rings (SSSR count). The van der Waals surface area contributed by atoms with E-state index in [9.17, 15) is 19.5 Å². The molecular weight excluding hydrogens is 514 g/mol. The number of carbonyl (C=O) groups excluding carboxylic acids is 2. The Morgan fingerprint density at radius 3 is 1.46 bits per heavy atom. The number of hydrogen-bond donors (Lipinski definition) is 2. The number of nitrogens with one attached hydrogen (secondary N) is 1. The number of unbranched alkanes of at least 4 members (excludes halogenated alkanes) is 21. The second-order valence-corrected chi connectivity index (χ2v) is 12.6. The molecule has 0 bridgehead atoms. The highest BCUT2D eigenvalue weighted by Gasteiger charge is 2.25. The Morgan fingerprint density at radius 1 is 0.610 bits per heavy atom. The topological polar surface area (TPSA) is 92.7 Å². The molecular formula is C35H67NO5. The van der Waals surface area contributed by atoms with Gasteiger partial charge in [0.1, 0.15) is 6.04 Å². The molecule has 41 heavy (non-hydrogen) atoms. The molecule has 0 heterocycles. The van der Waals surface area contributed by atoms with E-state index in [-0.39, 0.29) is 12.5 Å². The molecule has 0 aromatic rings. The van der Waals surface area contributed by atoms with Crippen LogP contribution in [0.25, 0.3) is 0 Å². The molecule has 1 amide bonds. The van der Waals surface area contributed by atoms with Crippen LogP contribution in [0.2, 0.25) is 0 Å². The highest BCUT2D eigenvalue weighted by molar-refractivity contribution is 5.87. The van der Waals surface area contributed by atoms with E-state index < -0.39 is 24.4 Å². The zero-order chi connectivity index (χ0) is 30.4. The summed E-state index contributed by atoms with van der Waals surface area (Å²) in [6.45, 7) is 7.11. The van der Waals surface area contributed by atoms with Crippen molar-refractivity contribution in [3.05, 3.63) is 0 Å². The molecule has 0 spiro atoms. The lowest BCUT2D eigenvalue weighted by molar-refractivity contribution is -0.151. The van der Waals surface area contributed by atoms with Crippen molar-refractivity contribution in [1.29, 1.82) is 0 Å². The van der Waals surface area contributed by atoms with Gasteiger partial charge in [0, 0.05) is 6.42 Å². The molecule has 0 aliphatic heterocycles. The van der Waals surface area contributed by atoms with Gasteiger partial charge in [-0.3, -0.25) is 9.59 Å². The number of ether oxygens (including phenoxy) is 1. The van der Waals surface area contributed by atoms with Crippen LogP contribution < -0.4 is 5.32 Å². The average Bonchev–Trinajstić information content (AvgIpc) is 2.92. The zero-order valence-corrected chi connectivity index (χ0v) is 27.3. The van der Waals surface area contributed by atoms with Gasteiger partial charge < -0.3 is 15.2 Å². The minimum absolute atomic E-state index is 0.269. The first-order chi connectivity index (χ1) is 19.9. The smallest absolute Gasteiger partial charge is 0.329 e. The van der Waals surface area contributed by atoms with Crippen LogP contribution in [-0.4, -0.2) is 35.6 Å². The SMILES string of the molecule is CCCCCCCCCCCCC(=O)N[C@@H](CC(=O)O)C(=O)OCCCCCCCCCCCCCCCC(C)C. The van der Waals surface area contributed by atoms with Crippen molar-refractivity contribution < 1.29 is 24.2 Å². The van der Waals surface area contributed by atoms with E-state index in [1.54, 1.807) is 0 Å². The largest absolute Gasteiger partial charge is 0.481 e. The summed E-state index contributed by atoms with van der Waals surface area (Å²) >= 11 is 0. The van der Waals surface area contributed by atoms with Crippen LogP contribution in [0.3, 0.4) is 0 Å². The first kappa shape index (κ1) is 39.4. The number of carboxylic acids is 1. The molecule has 1 atom stereocenters. The molecule has 242 valence electrons. The summed E-state index contributed by atoms with van der Waals surface area (Å²) < 4.78 is 5.31. The van der Waals surface area contributed by atoms with Gasteiger partial charge in [0.05, 0.1) is 13.0 Å². The summed E-state index contributed by atoms with van der Waals surface area (Å²) in [5, 5.41) is 11.8. The predicted molar refractivity (Wildman–Crippen MR) is 171 cm³/mol. The maximum atomic E-state index is 12.4. The fourth-order valence-corrected chi connectivity index (χ4v) is 5.28. The molecule has 0 radical (unpaired) electrons. The fourth-order valence-electron chi connectivity index (χ4n) is 5.28. The number of esters is 1. The van der Waals surface area contributed by atoms with Crippen LogP contribution in [-0.2, 0) is 19.1 Å². The van der Waals surface area contributed by atoms with Crippen molar-refractivity contribution in [1.82, 2.24) is 5.32 Å². The van der Waals surface area contributed by atoms with Gasteiger partial charge in [-0.25, -0.2) is 4.79 Å². The lowest BCUT2D eigenvalue weighted by Crippen LogP contribution is -2.43. The van der Waals surface area contributed by atoms with Crippen molar-refractivity contribution in [3.63, 3.8) is 0 Å². The third kappa shape index (κ3) is 29.7. The highest BCUT2D eigenvalue weighted by Crippen LogP contribution is 2.15. The van der Waals surface area contributed by atoms with Gasteiger partial charge >= 0.3 is 11.9 Å². The molecule has 0 saturated heterocycles. The van der Waals surface area contributed by atoms with Gasteiger partial charge in [0.2, 0.25) is 5.91 Å². The average molecular weight is 582 g/mol. The third-order valence-electron chi connectivity index (χ3n) is 7.93. The quantitative estimate of drug-likeness (QED) is 0.0628. The fraction of sp³-hybridized carbons (Fsp3) is 0.914. The molecule has 0 fully saturated rings. The van der Waals surface area contributed by atoms with E-state index in [4.69, 9.17) is 4.74 Å². The van der Waals surface area contributed by atoms with Crippen LogP contribution >= 0.6 is 0 Å². The minimum atomic E-state index is -1.12. The third-order valence-corrected chi connectivity index (χ3v) is 7.93. The van der Waals surface area contributed by atoms with Crippen molar-refractivity contribution >= 4 is 17.8 Å². The van der Waals surface area contributed by atoms with E-state index in [0.29, 0.717) is 6.42 Å². The summed E-state index contributed by atoms with van der Waals surface area (Å²) in [4.78, 5) is 35.9. The van der Waals surface area contributed by atoms with Gasteiger partial charge in [-0.05, 0) is 18.8 Å². The van der Waals surface area contributed by atoms with Crippen molar-refractivity contribution in [2.75, 3.05) is 6.61 Å². The normalized spacial score (nSPS) is 12.0. The van der Waals surface area contributed by atoms with E-state index in [1.165, 1.54) is 116 Å². The van der Waals surface area contributed by atoms with Gasteiger partial charge in [0.15, 0.2) is 0 Å². The van der Waals surface area contributed by atoms with E-state index >= 15 is 0 Å².